The number of carbonyl (C=O) groups excluding carboxylic acids is 1. The van der Waals surface area contributed by atoms with Crippen molar-refractivity contribution in [1.82, 2.24) is 9.21 Å². The topological polar surface area (TPSA) is 81.5 Å². The number of rotatable bonds is 4. The minimum atomic E-state index is -3.82. The van der Waals surface area contributed by atoms with Gasteiger partial charge >= 0.3 is 0 Å². The summed E-state index contributed by atoms with van der Waals surface area (Å²) in [6, 6.07) is 8.01. The van der Waals surface area contributed by atoms with E-state index >= 15 is 0 Å². The Morgan fingerprint density at radius 1 is 1.24 bits per heavy atom. The monoisotopic (exact) mass is 361 g/mol. The van der Waals surface area contributed by atoms with Crippen molar-refractivity contribution in [3.05, 3.63) is 29.8 Å². The summed E-state index contributed by atoms with van der Waals surface area (Å²) in [5, 5.41) is 9.05. The lowest BCUT2D eigenvalue weighted by molar-refractivity contribution is -0.144. The third-order valence-electron chi connectivity index (χ3n) is 5.18. The molecule has 134 valence electrons. The molecule has 2 heterocycles. The highest BCUT2D eigenvalue weighted by Crippen LogP contribution is 2.41. The maximum Gasteiger partial charge on any atom is 0.244 e. The van der Waals surface area contributed by atoms with Crippen LogP contribution in [-0.2, 0) is 14.8 Å². The zero-order valence-corrected chi connectivity index (χ0v) is 15.3. The van der Waals surface area contributed by atoms with Crippen LogP contribution in [0.2, 0.25) is 0 Å². The minimum Gasteiger partial charge on any atom is -0.341 e. The molecule has 2 aliphatic heterocycles. The Labute approximate surface area is 149 Å². The predicted molar refractivity (Wildman–Crippen MR) is 93.1 cm³/mol. The van der Waals surface area contributed by atoms with Gasteiger partial charge in [0.15, 0.2) is 0 Å². The molecule has 0 bridgehead atoms. The van der Waals surface area contributed by atoms with Crippen LogP contribution in [0.25, 0.3) is 0 Å². The molecule has 0 radical (unpaired) electrons. The van der Waals surface area contributed by atoms with Gasteiger partial charge in [-0.05, 0) is 50.3 Å². The van der Waals surface area contributed by atoms with Crippen molar-refractivity contribution >= 4 is 15.9 Å². The molecular weight excluding hydrogens is 338 g/mol. The summed E-state index contributed by atoms with van der Waals surface area (Å²) in [7, 11) is -3.82. The fraction of sp³-hybridized carbons (Fsp3) is 0.556. The molecular formula is C18H23N3O3S. The largest absolute Gasteiger partial charge is 0.341 e. The summed E-state index contributed by atoms with van der Waals surface area (Å²) in [5.74, 6) is -0.0573. The maximum atomic E-state index is 13.2. The number of carbonyl (C=O) groups is 1. The number of nitriles is 1. The van der Waals surface area contributed by atoms with Gasteiger partial charge in [-0.15, -0.1) is 0 Å². The van der Waals surface area contributed by atoms with E-state index in [4.69, 9.17) is 5.26 Å². The molecule has 0 N–H and O–H groups in total. The second kappa shape index (κ2) is 6.77. The van der Waals surface area contributed by atoms with Crippen molar-refractivity contribution in [3.63, 3.8) is 0 Å². The van der Waals surface area contributed by atoms with E-state index < -0.39 is 15.6 Å². The van der Waals surface area contributed by atoms with E-state index in [0.29, 0.717) is 44.5 Å². The van der Waals surface area contributed by atoms with E-state index in [-0.39, 0.29) is 10.8 Å². The molecule has 0 aliphatic carbocycles. The molecule has 1 atom stereocenters. The molecule has 25 heavy (non-hydrogen) atoms. The molecule has 2 fully saturated rings. The molecule has 7 heteroatoms. The number of likely N-dealkylation sites (tertiary alicyclic amines) is 1. The third kappa shape index (κ3) is 2.94. The SMILES string of the molecule is CCCN1CCCC2(CCCN2S(=O)(=O)c2cccc(C#N)c2)C1=O. The molecule has 2 aliphatic rings. The van der Waals surface area contributed by atoms with Crippen molar-refractivity contribution in [2.24, 2.45) is 0 Å². The van der Waals surface area contributed by atoms with Crippen LogP contribution in [0.3, 0.4) is 0 Å². The smallest absolute Gasteiger partial charge is 0.244 e. The van der Waals surface area contributed by atoms with E-state index in [0.717, 1.165) is 12.8 Å². The molecule has 1 spiro atoms. The Balaban J connectivity index is 2.00. The van der Waals surface area contributed by atoms with Gasteiger partial charge in [0.25, 0.3) is 0 Å². The highest BCUT2D eigenvalue weighted by Gasteiger charge is 2.55. The molecule has 0 aromatic heterocycles. The number of hydrogen-bond donors (Lipinski definition) is 0. The van der Waals surface area contributed by atoms with Gasteiger partial charge in [0, 0.05) is 19.6 Å². The standard InChI is InChI=1S/C18H23N3O3S/c1-2-10-20-11-4-8-18(17(20)22)9-5-12-21(18)25(23,24)16-7-3-6-15(13-16)14-19/h3,6-7,13H,2,4-5,8-12H2,1H3. The van der Waals surface area contributed by atoms with Crippen LogP contribution in [0.5, 0.6) is 0 Å². The normalized spacial score (nSPS) is 24.6. The third-order valence-corrected chi connectivity index (χ3v) is 7.14. The van der Waals surface area contributed by atoms with Gasteiger partial charge in [0.1, 0.15) is 5.54 Å². The van der Waals surface area contributed by atoms with Gasteiger partial charge in [-0.3, -0.25) is 4.79 Å². The zero-order valence-electron chi connectivity index (χ0n) is 14.4. The first-order chi connectivity index (χ1) is 12.0. The van der Waals surface area contributed by atoms with Gasteiger partial charge in [0.05, 0.1) is 16.5 Å². The quantitative estimate of drug-likeness (QED) is 0.822. The Morgan fingerprint density at radius 2 is 1.96 bits per heavy atom. The molecule has 1 unspecified atom stereocenters. The van der Waals surface area contributed by atoms with Crippen LogP contribution >= 0.6 is 0 Å². The minimum absolute atomic E-state index is 0.0573. The van der Waals surface area contributed by atoms with Crippen LogP contribution in [-0.4, -0.2) is 48.7 Å². The van der Waals surface area contributed by atoms with Crippen LogP contribution in [0, 0.1) is 11.3 Å². The Hall–Kier alpha value is -1.91. The second-order valence-corrected chi connectivity index (χ2v) is 8.61. The summed E-state index contributed by atoms with van der Waals surface area (Å²) in [6.07, 6.45) is 3.50. The molecule has 1 amide bonds. The van der Waals surface area contributed by atoms with E-state index in [9.17, 15) is 13.2 Å². The number of nitrogens with zero attached hydrogens (tertiary/aromatic N) is 3. The average molecular weight is 361 g/mol. The number of hydrogen-bond acceptors (Lipinski definition) is 4. The van der Waals surface area contributed by atoms with E-state index in [1.807, 2.05) is 17.9 Å². The summed E-state index contributed by atoms with van der Waals surface area (Å²) >= 11 is 0. The average Bonchev–Trinajstić information content (AvgIpc) is 3.05. The van der Waals surface area contributed by atoms with Crippen molar-refractivity contribution in [2.75, 3.05) is 19.6 Å². The van der Waals surface area contributed by atoms with E-state index in [2.05, 4.69) is 0 Å². The number of piperidine rings is 1. The Morgan fingerprint density at radius 3 is 2.64 bits per heavy atom. The van der Waals surface area contributed by atoms with E-state index in [1.165, 1.54) is 16.4 Å². The predicted octanol–water partition coefficient (Wildman–Crippen LogP) is 2.11. The molecule has 3 rings (SSSR count). The fourth-order valence-electron chi connectivity index (χ4n) is 4.07. The van der Waals surface area contributed by atoms with Gasteiger partial charge < -0.3 is 4.90 Å². The molecule has 2 saturated heterocycles. The van der Waals surface area contributed by atoms with Crippen molar-refractivity contribution in [1.29, 1.82) is 5.26 Å². The first-order valence-electron chi connectivity index (χ1n) is 8.78. The van der Waals surface area contributed by atoms with Crippen LogP contribution in [0.4, 0.5) is 0 Å². The number of sulfonamides is 1. The lowest BCUT2D eigenvalue weighted by Crippen LogP contribution is -2.61. The Kier molecular flexibility index (Phi) is 4.85. The summed E-state index contributed by atoms with van der Waals surface area (Å²) < 4.78 is 27.9. The van der Waals surface area contributed by atoms with Crippen molar-refractivity contribution in [2.45, 2.75) is 49.5 Å². The van der Waals surface area contributed by atoms with Gasteiger partial charge in [-0.1, -0.05) is 13.0 Å². The fourth-order valence-corrected chi connectivity index (χ4v) is 5.94. The molecule has 0 saturated carbocycles. The van der Waals surface area contributed by atoms with Gasteiger partial charge in [-0.2, -0.15) is 9.57 Å². The molecule has 6 nitrogen and oxygen atoms in total. The first kappa shape index (κ1) is 17.9. The summed E-state index contributed by atoms with van der Waals surface area (Å²) in [6.45, 7) is 3.74. The van der Waals surface area contributed by atoms with Crippen molar-refractivity contribution < 1.29 is 13.2 Å². The number of benzene rings is 1. The summed E-state index contributed by atoms with van der Waals surface area (Å²) in [4.78, 5) is 15.0. The lowest BCUT2D eigenvalue weighted by atomic mass is 9.86. The van der Waals surface area contributed by atoms with Crippen LogP contribution in [0.15, 0.2) is 29.2 Å². The van der Waals surface area contributed by atoms with Gasteiger partial charge in [0.2, 0.25) is 15.9 Å². The first-order valence-corrected chi connectivity index (χ1v) is 10.2. The van der Waals surface area contributed by atoms with E-state index in [1.54, 1.807) is 12.1 Å². The van der Waals surface area contributed by atoms with Gasteiger partial charge in [-0.25, -0.2) is 8.42 Å². The molecule has 1 aromatic rings. The highest BCUT2D eigenvalue weighted by molar-refractivity contribution is 7.89. The molecule has 1 aromatic carbocycles. The van der Waals surface area contributed by atoms with Crippen molar-refractivity contribution in [3.8, 4) is 6.07 Å². The second-order valence-electron chi connectivity index (χ2n) is 6.75. The zero-order chi connectivity index (χ0) is 18.1. The maximum absolute atomic E-state index is 13.2. The van der Waals surface area contributed by atoms with Crippen LogP contribution in [0.1, 0.15) is 44.6 Å². The van der Waals surface area contributed by atoms with Crippen LogP contribution < -0.4 is 0 Å². The summed E-state index contributed by atoms with van der Waals surface area (Å²) in [5.41, 5.74) is -0.647. The number of amides is 1. The Bertz CT molecular complexity index is 813. The lowest BCUT2D eigenvalue weighted by Gasteiger charge is -2.43. The highest BCUT2D eigenvalue weighted by atomic mass is 32.2.